The van der Waals surface area contributed by atoms with E-state index in [1.807, 2.05) is 13.8 Å². The fourth-order valence-corrected chi connectivity index (χ4v) is 1.56. The van der Waals surface area contributed by atoms with Crippen molar-refractivity contribution in [1.29, 1.82) is 0 Å². The van der Waals surface area contributed by atoms with E-state index in [-0.39, 0.29) is 17.4 Å². The Labute approximate surface area is 100 Å². The standard InChI is InChI=1S/C12H18FN3O/c1-6(2)11(12(15)17)16-10-4-7(3)8(13)5-9(10)14/h4-6,11,16H,14H2,1-3H3,(H2,15,17). The minimum Gasteiger partial charge on any atom is -0.397 e. The second kappa shape index (κ2) is 5.03. The van der Waals surface area contributed by atoms with Gasteiger partial charge in [-0.1, -0.05) is 13.8 Å². The Bertz CT molecular complexity index is 432. The van der Waals surface area contributed by atoms with Crippen LogP contribution in [0.2, 0.25) is 0 Å². The van der Waals surface area contributed by atoms with E-state index in [1.54, 1.807) is 13.0 Å². The van der Waals surface area contributed by atoms with Gasteiger partial charge in [-0.05, 0) is 30.5 Å². The highest BCUT2D eigenvalue weighted by Crippen LogP contribution is 2.24. The van der Waals surface area contributed by atoms with Crippen molar-refractivity contribution in [2.24, 2.45) is 11.7 Å². The van der Waals surface area contributed by atoms with Crippen LogP contribution < -0.4 is 16.8 Å². The molecule has 1 amide bonds. The summed E-state index contributed by atoms with van der Waals surface area (Å²) in [5.41, 5.74) is 12.2. The highest BCUT2D eigenvalue weighted by molar-refractivity contribution is 5.84. The lowest BCUT2D eigenvalue weighted by Gasteiger charge is -2.21. The van der Waals surface area contributed by atoms with Crippen molar-refractivity contribution >= 4 is 17.3 Å². The van der Waals surface area contributed by atoms with E-state index in [1.165, 1.54) is 6.07 Å². The molecular formula is C12H18FN3O. The molecule has 1 aromatic rings. The van der Waals surface area contributed by atoms with E-state index in [0.717, 1.165) is 0 Å². The Balaban J connectivity index is 3.01. The van der Waals surface area contributed by atoms with Gasteiger partial charge >= 0.3 is 0 Å². The van der Waals surface area contributed by atoms with Crippen molar-refractivity contribution in [2.45, 2.75) is 26.8 Å². The quantitative estimate of drug-likeness (QED) is 0.699. The van der Waals surface area contributed by atoms with Gasteiger partial charge in [0.25, 0.3) is 0 Å². The Hall–Kier alpha value is -1.78. The first-order chi connectivity index (χ1) is 7.82. The van der Waals surface area contributed by atoms with Gasteiger partial charge in [0.2, 0.25) is 5.91 Å². The molecule has 17 heavy (non-hydrogen) atoms. The fourth-order valence-electron chi connectivity index (χ4n) is 1.56. The lowest BCUT2D eigenvalue weighted by molar-refractivity contribution is -0.119. The van der Waals surface area contributed by atoms with Crippen molar-refractivity contribution < 1.29 is 9.18 Å². The van der Waals surface area contributed by atoms with Crippen LogP contribution in [0.15, 0.2) is 12.1 Å². The molecule has 0 saturated carbocycles. The molecule has 0 saturated heterocycles. The van der Waals surface area contributed by atoms with Crippen molar-refractivity contribution in [3.63, 3.8) is 0 Å². The highest BCUT2D eigenvalue weighted by Gasteiger charge is 2.20. The van der Waals surface area contributed by atoms with Crippen LogP contribution >= 0.6 is 0 Å². The smallest absolute Gasteiger partial charge is 0.240 e. The molecule has 1 unspecified atom stereocenters. The molecule has 5 N–H and O–H groups in total. The van der Waals surface area contributed by atoms with Gasteiger partial charge in [-0.15, -0.1) is 0 Å². The Morgan fingerprint density at radius 1 is 1.41 bits per heavy atom. The number of amides is 1. The highest BCUT2D eigenvalue weighted by atomic mass is 19.1. The molecule has 0 aromatic heterocycles. The maximum atomic E-state index is 13.2. The number of halogens is 1. The molecule has 4 nitrogen and oxygen atoms in total. The summed E-state index contributed by atoms with van der Waals surface area (Å²) in [5, 5.41) is 2.95. The van der Waals surface area contributed by atoms with Crippen molar-refractivity contribution in [1.82, 2.24) is 0 Å². The summed E-state index contributed by atoms with van der Waals surface area (Å²) in [5.74, 6) is -0.799. The average molecular weight is 239 g/mol. The van der Waals surface area contributed by atoms with Crippen molar-refractivity contribution in [3.8, 4) is 0 Å². The van der Waals surface area contributed by atoms with Crippen LogP contribution in [0.25, 0.3) is 0 Å². The summed E-state index contributed by atoms with van der Waals surface area (Å²) >= 11 is 0. The van der Waals surface area contributed by atoms with E-state index < -0.39 is 11.9 Å². The third-order valence-electron chi connectivity index (χ3n) is 2.61. The van der Waals surface area contributed by atoms with Crippen LogP contribution in [0.4, 0.5) is 15.8 Å². The van der Waals surface area contributed by atoms with Crippen LogP contribution in [0.1, 0.15) is 19.4 Å². The van der Waals surface area contributed by atoms with E-state index >= 15 is 0 Å². The van der Waals surface area contributed by atoms with Gasteiger partial charge in [-0.25, -0.2) is 4.39 Å². The molecule has 1 rings (SSSR count). The van der Waals surface area contributed by atoms with Crippen LogP contribution in [0.5, 0.6) is 0 Å². The number of rotatable bonds is 4. The zero-order chi connectivity index (χ0) is 13.2. The molecule has 94 valence electrons. The van der Waals surface area contributed by atoms with E-state index in [2.05, 4.69) is 5.32 Å². The minimum atomic E-state index is -0.526. The molecule has 1 atom stereocenters. The minimum absolute atomic E-state index is 0.0252. The Morgan fingerprint density at radius 3 is 2.47 bits per heavy atom. The first-order valence-electron chi connectivity index (χ1n) is 5.44. The molecule has 0 spiro atoms. The number of carbonyl (C=O) groups is 1. The Morgan fingerprint density at radius 2 is 2.00 bits per heavy atom. The van der Waals surface area contributed by atoms with E-state index in [4.69, 9.17) is 11.5 Å². The number of nitrogens with two attached hydrogens (primary N) is 2. The number of anilines is 2. The number of benzene rings is 1. The molecule has 0 heterocycles. The van der Waals surface area contributed by atoms with Crippen LogP contribution in [-0.4, -0.2) is 11.9 Å². The topological polar surface area (TPSA) is 81.1 Å². The molecule has 0 aliphatic rings. The van der Waals surface area contributed by atoms with Crippen molar-refractivity contribution in [3.05, 3.63) is 23.5 Å². The first-order valence-corrected chi connectivity index (χ1v) is 5.44. The summed E-state index contributed by atoms with van der Waals surface area (Å²) in [7, 11) is 0. The van der Waals surface area contributed by atoms with E-state index in [9.17, 15) is 9.18 Å². The lowest BCUT2D eigenvalue weighted by atomic mass is 10.0. The number of hydrogen-bond acceptors (Lipinski definition) is 3. The maximum Gasteiger partial charge on any atom is 0.240 e. The predicted molar refractivity (Wildman–Crippen MR) is 67.0 cm³/mol. The number of nitrogen functional groups attached to an aromatic ring is 1. The number of aryl methyl sites for hydroxylation is 1. The van der Waals surface area contributed by atoms with Crippen LogP contribution in [-0.2, 0) is 4.79 Å². The third kappa shape index (κ3) is 3.09. The SMILES string of the molecule is Cc1cc(NC(C(N)=O)C(C)C)c(N)cc1F. The van der Waals surface area contributed by atoms with Gasteiger partial charge in [-0.2, -0.15) is 0 Å². The van der Waals surface area contributed by atoms with Gasteiger partial charge in [-0.3, -0.25) is 4.79 Å². The third-order valence-corrected chi connectivity index (χ3v) is 2.61. The van der Waals surface area contributed by atoms with Crippen molar-refractivity contribution in [2.75, 3.05) is 11.1 Å². The summed E-state index contributed by atoms with van der Waals surface area (Å²) in [6.07, 6.45) is 0. The first kappa shape index (κ1) is 13.3. The normalized spacial score (nSPS) is 12.5. The van der Waals surface area contributed by atoms with Gasteiger partial charge in [0, 0.05) is 0 Å². The molecule has 0 aliphatic heterocycles. The number of hydrogen-bond donors (Lipinski definition) is 3. The average Bonchev–Trinajstić information content (AvgIpc) is 2.20. The molecule has 0 aliphatic carbocycles. The zero-order valence-corrected chi connectivity index (χ0v) is 10.3. The molecule has 0 fully saturated rings. The van der Waals surface area contributed by atoms with E-state index in [0.29, 0.717) is 11.3 Å². The van der Waals surface area contributed by atoms with Gasteiger partial charge in [0.1, 0.15) is 11.9 Å². The predicted octanol–water partition coefficient (Wildman–Crippen LogP) is 1.64. The lowest BCUT2D eigenvalue weighted by Crippen LogP contribution is -2.39. The molecule has 0 radical (unpaired) electrons. The molecular weight excluding hydrogens is 221 g/mol. The van der Waals surface area contributed by atoms with Gasteiger partial charge in [0.15, 0.2) is 0 Å². The Kier molecular flexibility index (Phi) is 3.93. The fraction of sp³-hybridized carbons (Fsp3) is 0.417. The maximum absolute atomic E-state index is 13.2. The summed E-state index contributed by atoms with van der Waals surface area (Å²) in [6.45, 7) is 5.37. The number of carbonyl (C=O) groups excluding carboxylic acids is 1. The number of primary amides is 1. The largest absolute Gasteiger partial charge is 0.397 e. The van der Waals surface area contributed by atoms with Gasteiger partial charge in [0.05, 0.1) is 11.4 Å². The zero-order valence-electron chi connectivity index (χ0n) is 10.3. The molecule has 1 aromatic carbocycles. The molecule has 5 heteroatoms. The van der Waals surface area contributed by atoms with Gasteiger partial charge < -0.3 is 16.8 Å². The summed E-state index contributed by atoms with van der Waals surface area (Å²) in [4.78, 5) is 11.3. The van der Waals surface area contributed by atoms with Crippen LogP contribution in [0, 0.1) is 18.7 Å². The second-order valence-corrected chi connectivity index (χ2v) is 4.46. The summed E-state index contributed by atoms with van der Waals surface area (Å²) in [6, 6.07) is 2.28. The van der Waals surface area contributed by atoms with Crippen LogP contribution in [0.3, 0.4) is 0 Å². The number of nitrogens with one attached hydrogen (secondary N) is 1. The monoisotopic (exact) mass is 239 g/mol. The second-order valence-electron chi connectivity index (χ2n) is 4.46. The summed E-state index contributed by atoms with van der Waals surface area (Å²) < 4.78 is 13.2. The molecule has 0 bridgehead atoms.